The van der Waals surface area contributed by atoms with Crippen molar-refractivity contribution in [2.45, 2.75) is 6.42 Å². The number of hydrogen-bond acceptors (Lipinski definition) is 4. The number of amides is 1. The smallest absolute Gasteiger partial charge is 0.276 e. The highest BCUT2D eigenvalue weighted by Crippen LogP contribution is 2.18. The van der Waals surface area contributed by atoms with Crippen LogP contribution >= 0.6 is 0 Å². The quantitative estimate of drug-likeness (QED) is 0.737. The van der Waals surface area contributed by atoms with E-state index in [1.54, 1.807) is 30.4 Å². The molecule has 0 N–H and O–H groups in total. The van der Waals surface area contributed by atoms with E-state index in [1.807, 2.05) is 30.3 Å². The van der Waals surface area contributed by atoms with Crippen LogP contribution in [0.25, 0.3) is 11.0 Å². The van der Waals surface area contributed by atoms with Gasteiger partial charge in [-0.05, 0) is 36.2 Å². The summed E-state index contributed by atoms with van der Waals surface area (Å²) in [5.74, 6) is -0.131. The Morgan fingerprint density at radius 3 is 2.76 bits per heavy atom. The average molecular weight is 281 g/mol. The maximum Gasteiger partial charge on any atom is 0.276 e. The topological polar surface area (TPSA) is 59.2 Å². The lowest BCUT2D eigenvalue weighted by Gasteiger charge is -2.15. The summed E-state index contributed by atoms with van der Waals surface area (Å²) in [6.07, 6.45) is 4.28. The van der Waals surface area contributed by atoms with Crippen LogP contribution in [-0.2, 0) is 6.42 Å². The molecule has 0 fully saturated rings. The van der Waals surface area contributed by atoms with E-state index in [2.05, 4.69) is 10.1 Å². The number of para-hydroxylation sites is 1. The van der Waals surface area contributed by atoms with Crippen molar-refractivity contribution in [2.24, 2.45) is 0 Å². The molecule has 2 aromatic heterocycles. The average Bonchev–Trinajstić information content (AvgIpc) is 2.97. The second-order valence-corrected chi connectivity index (χ2v) is 4.86. The third-order valence-electron chi connectivity index (χ3n) is 3.41. The largest absolute Gasteiger partial charge is 0.355 e. The molecule has 21 heavy (non-hydrogen) atoms. The van der Waals surface area contributed by atoms with Crippen LogP contribution in [-0.4, -0.2) is 34.5 Å². The first-order chi connectivity index (χ1) is 10.3. The van der Waals surface area contributed by atoms with Crippen LogP contribution < -0.4 is 0 Å². The first-order valence-corrected chi connectivity index (χ1v) is 6.74. The number of carbonyl (C=O) groups is 1. The molecule has 2 heterocycles. The molecule has 5 heteroatoms. The van der Waals surface area contributed by atoms with Crippen molar-refractivity contribution >= 4 is 16.9 Å². The fraction of sp³-hybridized carbons (Fsp3) is 0.188. The molecule has 0 atom stereocenters. The second-order valence-electron chi connectivity index (χ2n) is 4.86. The summed E-state index contributed by atoms with van der Waals surface area (Å²) >= 11 is 0. The molecule has 0 unspecified atom stereocenters. The molecular formula is C16H15N3O2. The zero-order valence-electron chi connectivity index (χ0n) is 11.7. The monoisotopic (exact) mass is 281 g/mol. The van der Waals surface area contributed by atoms with Crippen molar-refractivity contribution in [3.8, 4) is 0 Å². The lowest BCUT2D eigenvalue weighted by atomic mass is 10.1. The Labute approximate surface area is 122 Å². The van der Waals surface area contributed by atoms with E-state index in [9.17, 15) is 4.79 Å². The van der Waals surface area contributed by atoms with Gasteiger partial charge in [0.1, 0.15) is 0 Å². The van der Waals surface area contributed by atoms with Crippen LogP contribution in [0, 0.1) is 0 Å². The van der Waals surface area contributed by atoms with Gasteiger partial charge in [-0.2, -0.15) is 0 Å². The summed E-state index contributed by atoms with van der Waals surface area (Å²) in [5, 5.41) is 4.64. The maximum atomic E-state index is 12.4. The molecule has 0 bridgehead atoms. The van der Waals surface area contributed by atoms with E-state index in [0.717, 1.165) is 17.4 Å². The number of benzene rings is 1. The van der Waals surface area contributed by atoms with E-state index in [0.29, 0.717) is 17.8 Å². The second kappa shape index (κ2) is 5.75. The van der Waals surface area contributed by atoms with Crippen LogP contribution in [0.5, 0.6) is 0 Å². The number of rotatable bonds is 4. The predicted octanol–water partition coefficient (Wildman–Crippen LogP) is 2.54. The third kappa shape index (κ3) is 2.76. The van der Waals surface area contributed by atoms with Gasteiger partial charge in [0.2, 0.25) is 0 Å². The van der Waals surface area contributed by atoms with Crippen molar-refractivity contribution < 1.29 is 9.32 Å². The Kier molecular flexibility index (Phi) is 3.64. The van der Waals surface area contributed by atoms with Gasteiger partial charge in [0.05, 0.1) is 5.39 Å². The number of fused-ring (bicyclic) bond motifs is 1. The molecule has 0 spiro atoms. The third-order valence-corrected chi connectivity index (χ3v) is 3.41. The Balaban J connectivity index is 1.72. The molecule has 106 valence electrons. The normalized spacial score (nSPS) is 10.7. The molecule has 5 nitrogen and oxygen atoms in total. The van der Waals surface area contributed by atoms with Gasteiger partial charge in [-0.1, -0.05) is 17.3 Å². The molecule has 1 aromatic carbocycles. The summed E-state index contributed by atoms with van der Waals surface area (Å²) in [4.78, 5) is 18.1. The number of nitrogens with zero attached hydrogens (tertiary/aromatic N) is 3. The molecule has 0 aliphatic rings. The molecular weight excluding hydrogens is 266 g/mol. The van der Waals surface area contributed by atoms with Gasteiger partial charge < -0.3 is 9.42 Å². The number of carbonyl (C=O) groups excluding carboxylic acids is 1. The molecule has 0 saturated heterocycles. The van der Waals surface area contributed by atoms with Crippen LogP contribution in [0.1, 0.15) is 16.1 Å². The molecule has 0 saturated carbocycles. The minimum absolute atomic E-state index is 0.131. The molecule has 3 aromatic rings. The van der Waals surface area contributed by atoms with Crippen LogP contribution in [0.3, 0.4) is 0 Å². The highest BCUT2D eigenvalue weighted by Gasteiger charge is 2.19. The Bertz CT molecular complexity index is 752. The van der Waals surface area contributed by atoms with Gasteiger partial charge in [-0.25, -0.2) is 0 Å². The fourth-order valence-electron chi connectivity index (χ4n) is 2.17. The van der Waals surface area contributed by atoms with E-state index in [4.69, 9.17) is 4.52 Å². The number of aromatic nitrogens is 2. The van der Waals surface area contributed by atoms with E-state index in [1.165, 1.54) is 0 Å². The summed E-state index contributed by atoms with van der Waals surface area (Å²) in [6.45, 7) is 0.615. The lowest BCUT2D eigenvalue weighted by molar-refractivity contribution is 0.0788. The van der Waals surface area contributed by atoms with Crippen molar-refractivity contribution in [3.05, 3.63) is 60.0 Å². The first kappa shape index (κ1) is 13.3. The van der Waals surface area contributed by atoms with Crippen molar-refractivity contribution in [3.63, 3.8) is 0 Å². The lowest BCUT2D eigenvalue weighted by Crippen LogP contribution is -2.29. The molecule has 0 aliphatic heterocycles. The number of hydrogen-bond donors (Lipinski definition) is 0. The standard InChI is InChI=1S/C16H15N3O2/c1-19(11-8-12-6-9-17-10-7-12)16(20)15-13-4-2-3-5-14(13)21-18-15/h2-7,9-10H,8,11H2,1H3. The fourth-order valence-corrected chi connectivity index (χ4v) is 2.17. The van der Waals surface area contributed by atoms with Crippen LogP contribution in [0.4, 0.5) is 0 Å². The highest BCUT2D eigenvalue weighted by molar-refractivity contribution is 6.03. The van der Waals surface area contributed by atoms with E-state index >= 15 is 0 Å². The summed E-state index contributed by atoms with van der Waals surface area (Å²) in [5.41, 5.74) is 2.14. The Hall–Kier alpha value is -2.69. The highest BCUT2D eigenvalue weighted by atomic mass is 16.5. The van der Waals surface area contributed by atoms with Crippen molar-refractivity contribution in [2.75, 3.05) is 13.6 Å². The maximum absolute atomic E-state index is 12.4. The van der Waals surface area contributed by atoms with Gasteiger partial charge in [0, 0.05) is 26.0 Å². The zero-order valence-corrected chi connectivity index (χ0v) is 11.7. The number of pyridine rings is 1. The summed E-state index contributed by atoms with van der Waals surface area (Å²) < 4.78 is 5.18. The van der Waals surface area contributed by atoms with Crippen molar-refractivity contribution in [1.82, 2.24) is 15.0 Å². The predicted molar refractivity (Wildman–Crippen MR) is 78.9 cm³/mol. The van der Waals surface area contributed by atoms with Gasteiger partial charge in [0.25, 0.3) is 5.91 Å². The van der Waals surface area contributed by atoms with Crippen LogP contribution in [0.2, 0.25) is 0 Å². The Morgan fingerprint density at radius 2 is 1.95 bits per heavy atom. The van der Waals surface area contributed by atoms with E-state index in [-0.39, 0.29) is 5.91 Å². The SMILES string of the molecule is CN(CCc1ccncc1)C(=O)c1noc2ccccc12. The molecule has 3 rings (SSSR count). The minimum atomic E-state index is -0.131. The van der Waals surface area contributed by atoms with Gasteiger partial charge >= 0.3 is 0 Å². The van der Waals surface area contributed by atoms with Gasteiger partial charge in [0.15, 0.2) is 11.3 Å². The summed E-state index contributed by atoms with van der Waals surface area (Å²) in [6, 6.07) is 11.3. The molecule has 1 amide bonds. The summed E-state index contributed by atoms with van der Waals surface area (Å²) in [7, 11) is 1.77. The molecule has 0 aliphatic carbocycles. The van der Waals surface area contributed by atoms with Crippen LogP contribution in [0.15, 0.2) is 53.3 Å². The van der Waals surface area contributed by atoms with Gasteiger partial charge in [-0.15, -0.1) is 0 Å². The minimum Gasteiger partial charge on any atom is -0.355 e. The zero-order chi connectivity index (χ0) is 14.7. The number of likely N-dealkylation sites (N-methyl/N-ethyl adjacent to an activating group) is 1. The van der Waals surface area contributed by atoms with Gasteiger partial charge in [-0.3, -0.25) is 9.78 Å². The van der Waals surface area contributed by atoms with Crippen molar-refractivity contribution in [1.29, 1.82) is 0 Å². The Morgan fingerprint density at radius 1 is 1.19 bits per heavy atom. The first-order valence-electron chi connectivity index (χ1n) is 6.74. The van der Waals surface area contributed by atoms with E-state index < -0.39 is 0 Å². The molecule has 0 radical (unpaired) electrons.